The van der Waals surface area contributed by atoms with Crippen molar-refractivity contribution in [2.45, 2.75) is 0 Å². The molecule has 0 unspecified atom stereocenters. The minimum atomic E-state index is -0.00610. The van der Waals surface area contributed by atoms with Gasteiger partial charge in [-0.3, -0.25) is 14.2 Å². The maximum Gasteiger partial charge on any atom is 0.245 e. The number of nitrogens with zero attached hydrogens (tertiary/aromatic N) is 3. The van der Waals surface area contributed by atoms with E-state index in [1.807, 2.05) is 80.5 Å². The van der Waals surface area contributed by atoms with Gasteiger partial charge in [-0.05, 0) is 40.3 Å². The zero-order valence-electron chi connectivity index (χ0n) is 15.1. The van der Waals surface area contributed by atoms with Crippen molar-refractivity contribution < 1.29 is 9.59 Å². The Kier molecular flexibility index (Phi) is 4.70. The van der Waals surface area contributed by atoms with Crippen molar-refractivity contribution in [1.82, 2.24) is 14.4 Å². The average molecular weight is 337 g/mol. The largest absolute Gasteiger partial charge is 0.302 e. The van der Waals surface area contributed by atoms with Crippen LogP contribution in [0.3, 0.4) is 0 Å². The van der Waals surface area contributed by atoms with Crippen LogP contribution >= 0.6 is 0 Å². The van der Waals surface area contributed by atoms with Crippen LogP contribution in [0.15, 0.2) is 42.5 Å². The summed E-state index contributed by atoms with van der Waals surface area (Å²) >= 11 is 0. The molecule has 0 saturated carbocycles. The highest BCUT2D eigenvalue weighted by Crippen LogP contribution is 2.29. The number of carbonyl (C=O) groups is 2. The molecular formula is C20H23N3O2. The first-order chi connectivity index (χ1) is 11.9. The Balaban J connectivity index is 2.22. The van der Waals surface area contributed by atoms with E-state index in [0.29, 0.717) is 18.7 Å². The molecule has 5 nitrogen and oxygen atoms in total. The summed E-state index contributed by atoms with van der Waals surface area (Å²) in [6.07, 6.45) is 0. The summed E-state index contributed by atoms with van der Waals surface area (Å²) in [7, 11) is 7.48. The van der Waals surface area contributed by atoms with Crippen molar-refractivity contribution >= 4 is 33.5 Å². The number of aromatic nitrogens is 1. The number of likely N-dealkylation sites (N-methyl/N-ethyl adjacent to an activating group) is 2. The maximum atomic E-state index is 12.8. The number of benzene rings is 2. The molecule has 0 saturated heterocycles. The molecule has 0 aliphatic carbocycles. The number of Topliss-reactive ketones (excluding diaryl/α,β-unsaturated/α-hetero) is 1. The molecule has 130 valence electrons. The third-order valence-corrected chi connectivity index (χ3v) is 4.16. The molecular weight excluding hydrogens is 314 g/mol. The van der Waals surface area contributed by atoms with E-state index >= 15 is 0 Å². The number of hydrogen-bond donors (Lipinski definition) is 0. The Morgan fingerprint density at radius 1 is 0.840 bits per heavy atom. The van der Waals surface area contributed by atoms with E-state index in [2.05, 4.69) is 0 Å². The molecule has 1 heterocycles. The van der Waals surface area contributed by atoms with Gasteiger partial charge >= 0.3 is 0 Å². The summed E-state index contributed by atoms with van der Waals surface area (Å²) in [4.78, 5) is 29.0. The number of para-hydroxylation sites is 1. The first-order valence-electron chi connectivity index (χ1n) is 8.27. The molecule has 0 aliphatic rings. The predicted octanol–water partition coefficient (Wildman–Crippen LogP) is 2.74. The van der Waals surface area contributed by atoms with Gasteiger partial charge in [0.25, 0.3) is 0 Å². The van der Waals surface area contributed by atoms with Crippen molar-refractivity contribution in [3.05, 3.63) is 48.0 Å². The Morgan fingerprint density at radius 2 is 1.48 bits per heavy atom. The van der Waals surface area contributed by atoms with E-state index in [1.54, 1.807) is 4.57 Å². The summed E-state index contributed by atoms with van der Waals surface area (Å²) in [5.41, 5.74) is 2.29. The van der Waals surface area contributed by atoms with Gasteiger partial charge in [-0.2, -0.15) is 0 Å². The molecule has 0 amide bonds. The van der Waals surface area contributed by atoms with E-state index in [1.165, 1.54) is 0 Å². The van der Waals surface area contributed by atoms with Crippen LogP contribution in [0.25, 0.3) is 21.8 Å². The van der Waals surface area contributed by atoms with Gasteiger partial charge in [0.1, 0.15) is 0 Å². The first kappa shape index (κ1) is 17.3. The molecule has 0 aliphatic heterocycles. The van der Waals surface area contributed by atoms with E-state index in [0.717, 1.165) is 21.8 Å². The molecule has 3 aromatic rings. The van der Waals surface area contributed by atoms with Crippen LogP contribution in [-0.4, -0.2) is 67.3 Å². The fourth-order valence-corrected chi connectivity index (χ4v) is 3.13. The average Bonchev–Trinajstić information content (AvgIpc) is 2.87. The topological polar surface area (TPSA) is 45.6 Å². The van der Waals surface area contributed by atoms with Crippen LogP contribution in [0.4, 0.5) is 0 Å². The number of hydrogen-bond acceptors (Lipinski definition) is 4. The van der Waals surface area contributed by atoms with Gasteiger partial charge in [0.2, 0.25) is 5.91 Å². The van der Waals surface area contributed by atoms with Crippen molar-refractivity contribution in [3.8, 4) is 0 Å². The standard InChI is InChI=1S/C20H23N3O2/c1-21(2)12-19(24)14-9-10-16-15-7-5-6-8-17(15)23(18(16)11-14)20(25)13-22(3)4/h5-11H,12-13H2,1-4H3. The molecule has 0 fully saturated rings. The molecule has 5 heteroatoms. The van der Waals surface area contributed by atoms with Crippen LogP contribution in [0.5, 0.6) is 0 Å². The second-order valence-electron chi connectivity index (χ2n) is 6.88. The van der Waals surface area contributed by atoms with Gasteiger partial charge < -0.3 is 9.80 Å². The van der Waals surface area contributed by atoms with Gasteiger partial charge in [0, 0.05) is 16.3 Å². The smallest absolute Gasteiger partial charge is 0.245 e. The number of fused-ring (bicyclic) bond motifs is 3. The van der Waals surface area contributed by atoms with Crippen molar-refractivity contribution in [3.63, 3.8) is 0 Å². The normalized spacial score (nSPS) is 11.8. The second-order valence-corrected chi connectivity index (χ2v) is 6.88. The Hall–Kier alpha value is -2.50. The van der Waals surface area contributed by atoms with Crippen LogP contribution < -0.4 is 0 Å². The SMILES string of the molecule is CN(C)CC(=O)c1ccc2c3ccccc3n(C(=O)CN(C)C)c2c1. The quantitative estimate of drug-likeness (QED) is 0.672. The summed E-state index contributed by atoms with van der Waals surface area (Å²) < 4.78 is 1.73. The predicted molar refractivity (Wildman–Crippen MR) is 102 cm³/mol. The molecule has 0 radical (unpaired) electrons. The summed E-state index contributed by atoms with van der Waals surface area (Å²) in [6.45, 7) is 0.654. The highest BCUT2D eigenvalue weighted by atomic mass is 16.2. The molecule has 0 atom stereocenters. The van der Waals surface area contributed by atoms with Crippen molar-refractivity contribution in [2.24, 2.45) is 0 Å². The molecule has 0 spiro atoms. The molecule has 0 bridgehead atoms. The van der Waals surface area contributed by atoms with Crippen molar-refractivity contribution in [1.29, 1.82) is 0 Å². The lowest BCUT2D eigenvalue weighted by Crippen LogP contribution is -2.26. The maximum absolute atomic E-state index is 12.8. The lowest BCUT2D eigenvalue weighted by Gasteiger charge is -2.12. The second kappa shape index (κ2) is 6.78. The Bertz CT molecular complexity index is 954. The van der Waals surface area contributed by atoms with Gasteiger partial charge in [-0.25, -0.2) is 0 Å². The third-order valence-electron chi connectivity index (χ3n) is 4.16. The van der Waals surface area contributed by atoms with Gasteiger partial charge in [0.15, 0.2) is 5.78 Å². The van der Waals surface area contributed by atoms with E-state index in [9.17, 15) is 9.59 Å². The van der Waals surface area contributed by atoms with Gasteiger partial charge in [-0.15, -0.1) is 0 Å². The fourth-order valence-electron chi connectivity index (χ4n) is 3.13. The number of carbonyl (C=O) groups excluding carboxylic acids is 2. The summed E-state index contributed by atoms with van der Waals surface area (Å²) in [5, 5.41) is 2.01. The van der Waals surface area contributed by atoms with Crippen LogP contribution in [0.2, 0.25) is 0 Å². The molecule has 0 N–H and O–H groups in total. The monoisotopic (exact) mass is 337 g/mol. The third kappa shape index (κ3) is 3.34. The zero-order chi connectivity index (χ0) is 18.1. The molecule has 2 aromatic carbocycles. The lowest BCUT2D eigenvalue weighted by atomic mass is 10.1. The van der Waals surface area contributed by atoms with Crippen LogP contribution in [0.1, 0.15) is 15.2 Å². The highest BCUT2D eigenvalue weighted by molar-refractivity contribution is 6.15. The lowest BCUT2D eigenvalue weighted by molar-refractivity contribution is 0.0885. The number of rotatable bonds is 5. The summed E-state index contributed by atoms with van der Waals surface area (Å²) in [5.74, 6) is 0.0390. The van der Waals surface area contributed by atoms with E-state index in [4.69, 9.17) is 0 Å². The van der Waals surface area contributed by atoms with Crippen LogP contribution in [0, 0.1) is 0 Å². The molecule has 1 aromatic heterocycles. The summed E-state index contributed by atoms with van der Waals surface area (Å²) in [6, 6.07) is 13.5. The zero-order valence-corrected chi connectivity index (χ0v) is 15.1. The van der Waals surface area contributed by atoms with E-state index in [-0.39, 0.29) is 11.7 Å². The van der Waals surface area contributed by atoms with Gasteiger partial charge in [0.05, 0.1) is 24.1 Å². The Labute approximate surface area is 147 Å². The van der Waals surface area contributed by atoms with E-state index < -0.39 is 0 Å². The van der Waals surface area contributed by atoms with Crippen molar-refractivity contribution in [2.75, 3.05) is 41.3 Å². The van der Waals surface area contributed by atoms with Crippen LogP contribution in [-0.2, 0) is 0 Å². The highest BCUT2D eigenvalue weighted by Gasteiger charge is 2.18. The number of ketones is 1. The fraction of sp³-hybridized carbons (Fsp3) is 0.300. The van der Waals surface area contributed by atoms with Gasteiger partial charge in [-0.1, -0.05) is 30.3 Å². The Morgan fingerprint density at radius 3 is 2.16 bits per heavy atom. The molecule has 25 heavy (non-hydrogen) atoms. The minimum absolute atomic E-state index is 0.00610. The molecule has 3 rings (SSSR count). The minimum Gasteiger partial charge on any atom is -0.302 e. The first-order valence-corrected chi connectivity index (χ1v) is 8.27.